The van der Waals surface area contributed by atoms with Gasteiger partial charge in [0.25, 0.3) is 0 Å². The smallest absolute Gasteiger partial charge is 0.0562 e. The minimum absolute atomic E-state index is 0.937. The van der Waals surface area contributed by atoms with E-state index in [-0.39, 0.29) is 0 Å². The van der Waals surface area contributed by atoms with Crippen molar-refractivity contribution in [1.82, 2.24) is 15.1 Å². The van der Waals surface area contributed by atoms with E-state index in [0.29, 0.717) is 0 Å². The molecule has 1 heterocycles. The van der Waals surface area contributed by atoms with Gasteiger partial charge >= 0.3 is 0 Å². The molecule has 0 spiro atoms. The van der Waals surface area contributed by atoms with Gasteiger partial charge in [-0.05, 0) is 19.4 Å². The number of aromatic nitrogens is 2. The summed E-state index contributed by atoms with van der Waals surface area (Å²) in [5.74, 6) is 0. The number of hydrogen-bond acceptors (Lipinski definition) is 2. The standard InChI is InChI=1S/C12H21N3/c1-3-7-13-8-5-6-12-10-14-15(11-12)9-4-2/h5-6,10-11,13H,3-4,7-9H2,1-2H3/b6-5+. The Morgan fingerprint density at radius 3 is 3.00 bits per heavy atom. The Morgan fingerprint density at radius 1 is 1.40 bits per heavy atom. The van der Waals surface area contributed by atoms with Crippen LogP contribution < -0.4 is 5.32 Å². The summed E-state index contributed by atoms with van der Waals surface area (Å²) < 4.78 is 1.99. The first-order valence-electron chi connectivity index (χ1n) is 5.76. The van der Waals surface area contributed by atoms with Crippen molar-refractivity contribution >= 4 is 6.08 Å². The number of nitrogens with zero attached hydrogens (tertiary/aromatic N) is 2. The van der Waals surface area contributed by atoms with Gasteiger partial charge in [0.1, 0.15) is 0 Å². The van der Waals surface area contributed by atoms with Gasteiger partial charge in [0.15, 0.2) is 0 Å². The minimum atomic E-state index is 0.937. The highest BCUT2D eigenvalue weighted by Gasteiger charge is 1.92. The molecule has 0 aromatic carbocycles. The minimum Gasteiger partial charge on any atom is -0.313 e. The fourth-order valence-electron chi connectivity index (χ4n) is 1.37. The third-order valence-corrected chi connectivity index (χ3v) is 2.11. The second-order valence-electron chi connectivity index (χ2n) is 3.64. The van der Waals surface area contributed by atoms with Gasteiger partial charge in [-0.3, -0.25) is 4.68 Å². The Morgan fingerprint density at radius 2 is 2.27 bits per heavy atom. The summed E-state index contributed by atoms with van der Waals surface area (Å²) in [6.45, 7) is 7.35. The zero-order valence-corrected chi connectivity index (χ0v) is 9.74. The number of aryl methyl sites for hydroxylation is 1. The molecule has 0 unspecified atom stereocenters. The summed E-state index contributed by atoms with van der Waals surface area (Å²) in [5, 5.41) is 7.59. The normalized spacial score (nSPS) is 11.3. The topological polar surface area (TPSA) is 29.9 Å². The zero-order valence-electron chi connectivity index (χ0n) is 9.74. The molecular formula is C12H21N3. The highest BCUT2D eigenvalue weighted by atomic mass is 15.3. The fraction of sp³-hybridized carbons (Fsp3) is 0.583. The quantitative estimate of drug-likeness (QED) is 0.695. The molecule has 0 radical (unpaired) electrons. The molecule has 1 aromatic heterocycles. The van der Waals surface area contributed by atoms with Crippen LogP contribution in [-0.4, -0.2) is 22.9 Å². The van der Waals surface area contributed by atoms with E-state index >= 15 is 0 Å². The Hall–Kier alpha value is -1.09. The molecule has 0 amide bonds. The Labute approximate surface area is 92.2 Å². The SMILES string of the molecule is CCCNC/C=C/c1cnn(CCC)c1. The lowest BCUT2D eigenvalue weighted by atomic mass is 10.3. The summed E-state index contributed by atoms with van der Waals surface area (Å²) in [5.41, 5.74) is 1.18. The third-order valence-electron chi connectivity index (χ3n) is 2.11. The molecule has 0 bridgehead atoms. The van der Waals surface area contributed by atoms with Crippen molar-refractivity contribution in [2.24, 2.45) is 0 Å². The largest absolute Gasteiger partial charge is 0.313 e. The summed E-state index contributed by atoms with van der Waals surface area (Å²) in [4.78, 5) is 0. The second kappa shape index (κ2) is 7.23. The van der Waals surface area contributed by atoms with Gasteiger partial charge in [-0.2, -0.15) is 5.10 Å². The molecule has 3 heteroatoms. The zero-order chi connectivity index (χ0) is 10.9. The summed E-state index contributed by atoms with van der Waals surface area (Å²) >= 11 is 0. The van der Waals surface area contributed by atoms with Crippen LogP contribution in [-0.2, 0) is 6.54 Å². The highest BCUT2D eigenvalue weighted by Crippen LogP contribution is 2.00. The maximum absolute atomic E-state index is 4.27. The monoisotopic (exact) mass is 207 g/mol. The van der Waals surface area contributed by atoms with E-state index in [0.717, 1.165) is 26.1 Å². The van der Waals surface area contributed by atoms with Gasteiger partial charge < -0.3 is 5.32 Å². The van der Waals surface area contributed by atoms with Crippen LogP contribution in [0, 0.1) is 0 Å². The Kier molecular flexibility index (Phi) is 5.78. The van der Waals surface area contributed by atoms with Crippen molar-refractivity contribution in [3.05, 3.63) is 24.0 Å². The molecule has 1 aromatic rings. The third kappa shape index (κ3) is 4.79. The van der Waals surface area contributed by atoms with Gasteiger partial charge in [0, 0.05) is 24.8 Å². The van der Waals surface area contributed by atoms with Crippen molar-refractivity contribution in [3.63, 3.8) is 0 Å². The maximum atomic E-state index is 4.27. The van der Waals surface area contributed by atoms with E-state index in [9.17, 15) is 0 Å². The maximum Gasteiger partial charge on any atom is 0.0562 e. The lowest BCUT2D eigenvalue weighted by Gasteiger charge is -1.95. The molecule has 0 aliphatic heterocycles. The van der Waals surface area contributed by atoms with Crippen LogP contribution in [0.3, 0.4) is 0 Å². The molecule has 15 heavy (non-hydrogen) atoms. The molecule has 0 aliphatic rings. The molecule has 0 fully saturated rings. The number of rotatable bonds is 7. The van der Waals surface area contributed by atoms with Crippen LogP contribution in [0.2, 0.25) is 0 Å². The molecule has 1 rings (SSSR count). The van der Waals surface area contributed by atoms with Gasteiger partial charge in [0.2, 0.25) is 0 Å². The first-order chi connectivity index (χ1) is 7.36. The van der Waals surface area contributed by atoms with Crippen LogP contribution in [0.25, 0.3) is 6.08 Å². The summed E-state index contributed by atoms with van der Waals surface area (Å²) in [6.07, 6.45) is 10.6. The summed E-state index contributed by atoms with van der Waals surface area (Å²) in [7, 11) is 0. The van der Waals surface area contributed by atoms with Gasteiger partial charge in [-0.1, -0.05) is 26.0 Å². The molecule has 0 saturated heterocycles. The van der Waals surface area contributed by atoms with Gasteiger partial charge in [-0.25, -0.2) is 0 Å². The molecular weight excluding hydrogens is 186 g/mol. The highest BCUT2D eigenvalue weighted by molar-refractivity contribution is 5.46. The van der Waals surface area contributed by atoms with E-state index in [1.807, 2.05) is 10.9 Å². The predicted molar refractivity (Wildman–Crippen MR) is 64.7 cm³/mol. The second-order valence-corrected chi connectivity index (χ2v) is 3.64. The number of nitrogens with one attached hydrogen (secondary N) is 1. The predicted octanol–water partition coefficient (Wildman–Crippen LogP) is 2.31. The van der Waals surface area contributed by atoms with E-state index in [1.54, 1.807) is 0 Å². The van der Waals surface area contributed by atoms with Gasteiger partial charge in [0.05, 0.1) is 6.20 Å². The first kappa shape index (κ1) is 12.0. The number of hydrogen-bond donors (Lipinski definition) is 1. The fourth-order valence-corrected chi connectivity index (χ4v) is 1.37. The van der Waals surface area contributed by atoms with Crippen LogP contribution in [0.4, 0.5) is 0 Å². The summed E-state index contributed by atoms with van der Waals surface area (Å²) in [6, 6.07) is 0. The van der Waals surface area contributed by atoms with E-state index < -0.39 is 0 Å². The van der Waals surface area contributed by atoms with Gasteiger partial charge in [-0.15, -0.1) is 0 Å². The Bertz CT molecular complexity index is 289. The Balaban J connectivity index is 2.29. The lowest BCUT2D eigenvalue weighted by Crippen LogP contribution is -2.13. The van der Waals surface area contributed by atoms with E-state index in [1.165, 1.54) is 12.0 Å². The van der Waals surface area contributed by atoms with Crippen LogP contribution in [0.1, 0.15) is 32.3 Å². The van der Waals surface area contributed by atoms with Crippen molar-refractivity contribution in [2.75, 3.05) is 13.1 Å². The van der Waals surface area contributed by atoms with Crippen molar-refractivity contribution in [1.29, 1.82) is 0 Å². The average Bonchev–Trinajstić information content (AvgIpc) is 2.66. The molecule has 0 saturated carbocycles. The van der Waals surface area contributed by atoms with Crippen LogP contribution in [0.15, 0.2) is 18.5 Å². The molecule has 3 nitrogen and oxygen atoms in total. The first-order valence-corrected chi connectivity index (χ1v) is 5.76. The van der Waals surface area contributed by atoms with Crippen molar-refractivity contribution in [2.45, 2.75) is 33.2 Å². The molecule has 1 N–H and O–H groups in total. The lowest BCUT2D eigenvalue weighted by molar-refractivity contribution is 0.602. The average molecular weight is 207 g/mol. The van der Waals surface area contributed by atoms with Crippen molar-refractivity contribution < 1.29 is 0 Å². The van der Waals surface area contributed by atoms with E-state index in [4.69, 9.17) is 0 Å². The van der Waals surface area contributed by atoms with E-state index in [2.05, 4.69) is 42.6 Å². The van der Waals surface area contributed by atoms with Crippen LogP contribution >= 0.6 is 0 Å². The molecule has 0 atom stereocenters. The van der Waals surface area contributed by atoms with Crippen molar-refractivity contribution in [3.8, 4) is 0 Å². The molecule has 84 valence electrons. The molecule has 0 aliphatic carbocycles. The van der Waals surface area contributed by atoms with Crippen LogP contribution in [0.5, 0.6) is 0 Å².